The maximum absolute atomic E-state index is 14.1. The normalized spacial score (nSPS) is 25.1. The number of carbonyl (C=O) groups excluding carboxylic acids is 3. The minimum absolute atomic E-state index is 0.0961. The van der Waals surface area contributed by atoms with E-state index in [9.17, 15) is 74.5 Å². The van der Waals surface area contributed by atoms with Gasteiger partial charge < -0.3 is 89.8 Å². The van der Waals surface area contributed by atoms with Crippen molar-refractivity contribution in [2.45, 2.75) is 196 Å². The number of nitrogens with zero attached hydrogens (tertiary/aromatic N) is 10. The predicted molar refractivity (Wildman–Crippen MR) is 453 cm³/mol. The van der Waals surface area contributed by atoms with E-state index in [2.05, 4.69) is 30.5 Å². The van der Waals surface area contributed by atoms with Crippen LogP contribution in [0.4, 0.5) is 17.2 Å². The molecule has 14 N–H and O–H groups in total. The third-order valence-corrected chi connectivity index (χ3v) is 27.5. The molecule has 9 heterocycles. The molecule has 1 saturated carbocycles. The van der Waals surface area contributed by atoms with Crippen LogP contribution < -0.4 is 40.9 Å². The van der Waals surface area contributed by atoms with Crippen molar-refractivity contribution in [3.8, 4) is 35.5 Å². The fraction of sp³-hybridized carbons (Fsp3) is 0.476. The van der Waals surface area contributed by atoms with Gasteiger partial charge in [-0.3, -0.25) is 28.0 Å². The number of nitriles is 3. The van der Waals surface area contributed by atoms with E-state index in [0.717, 1.165) is 57.8 Å². The third-order valence-electron chi connectivity index (χ3n) is 22.2. The number of nitrogens with one attached hydrogen (secondary N) is 2. The molecule has 9 aromatic rings. The fourth-order valence-electron chi connectivity index (χ4n) is 14.7. The van der Waals surface area contributed by atoms with Crippen LogP contribution in [0.1, 0.15) is 123 Å². The molecule has 0 bridgehead atoms. The number of esters is 3. The summed E-state index contributed by atoms with van der Waals surface area (Å²) in [5.74, 6) is -1.46. The maximum Gasteiger partial charge on any atom is 0.459 e. The van der Waals surface area contributed by atoms with Crippen LogP contribution in [0.15, 0.2) is 158 Å². The van der Waals surface area contributed by atoms with Gasteiger partial charge in [-0.2, -0.15) is 41.3 Å². The van der Waals surface area contributed by atoms with Gasteiger partial charge in [-0.15, -0.1) is 0 Å². The standard InChI is InChI=1S/C29H35N4O8P.C28H36N5O8P.C27H35N6O8P/c1-19(28(36)39-20-8-4-2-5-9-20)17-42(37,41-21-10-6-3-7-11-21)38-16-24-26(34)27(35)29(18-30,40-24)25-13-12-23-22(31)14-15-32-33(23)25;1-4-19(5-2)15-38-27(36)18(3)32-42(37,41-20-9-7-6-8-10-20)39-16-23-25(34)26(35)28(17-29,40-23)24-12-11-22-21(30)13-14-31-33(22)24;1-4-18(5-2)13-38-26(36)17(3)32-42(37,41-19-9-7-6-8-10-19)39-14-21-23(34)24(35)27(15-28,40-21)22-12-11-20-25(29)30-16-31-33(20)22/h3,6-7,10-15,19-20,24,26-27,34-35H,2,4-5,8-9,16-17,31H2,1H3;6-14,18-19,23,25-26,34-35H,4-5,15-16,30H2,1-3H3,(H,32,37);6-12,16-18,21,23-24,34-35H,4-5,13-14H2,1-3H3,(H,32,37)(H2,29,30,31)/t19-,24-,26-,27-,29+,42?;18-,23+,25+,26+,28-,42+;17-,21+,23+,24+,27-,42-/m100/s1. The molecule has 0 spiro atoms. The number of hydrogen-bond acceptors (Lipinski definition) is 34. The summed E-state index contributed by atoms with van der Waals surface area (Å²) in [6, 6.07) is 40.8. The third kappa shape index (κ3) is 21.8. The summed E-state index contributed by atoms with van der Waals surface area (Å²) in [6.45, 7) is 11.3. The van der Waals surface area contributed by atoms with Gasteiger partial charge in [0.25, 0.3) is 0 Å². The smallest absolute Gasteiger partial charge is 0.459 e. The van der Waals surface area contributed by atoms with E-state index in [1.165, 1.54) is 64.3 Å². The molecule has 1 unspecified atom stereocenters. The quantitative estimate of drug-likeness (QED) is 0.00992. The Bertz CT molecular complexity index is 5240. The number of rotatable bonds is 36. The van der Waals surface area contributed by atoms with E-state index in [0.29, 0.717) is 27.9 Å². The monoisotopic (exact) mass is 1800 g/mol. The molecule has 1 aliphatic carbocycles. The summed E-state index contributed by atoms with van der Waals surface area (Å²) < 4.78 is 114. The number of para-hydroxylation sites is 3. The zero-order chi connectivity index (χ0) is 90.9. The van der Waals surface area contributed by atoms with Gasteiger partial charge in [0.05, 0.1) is 84.6 Å². The van der Waals surface area contributed by atoms with Crippen LogP contribution in [-0.2, 0) is 86.9 Å². The summed E-state index contributed by atoms with van der Waals surface area (Å²) in [7, 11) is -12.7. The Kier molecular flexibility index (Phi) is 32.3. The molecule has 13 rings (SSSR count). The number of nitrogens with two attached hydrogens (primary N) is 3. The van der Waals surface area contributed by atoms with Crippen molar-refractivity contribution in [3.05, 3.63) is 175 Å². The Labute approximate surface area is 726 Å². The molecule has 126 heavy (non-hydrogen) atoms. The van der Waals surface area contributed by atoms with E-state index in [-0.39, 0.29) is 77.5 Å². The van der Waals surface area contributed by atoms with Crippen LogP contribution >= 0.6 is 23.1 Å². The van der Waals surface area contributed by atoms with Crippen LogP contribution in [0, 0.1) is 51.7 Å². The van der Waals surface area contributed by atoms with Crippen molar-refractivity contribution in [1.29, 1.82) is 15.8 Å². The topological polar surface area (TPSA) is 573 Å². The molecule has 39 nitrogen and oxygen atoms in total. The number of hydrogen-bond donors (Lipinski definition) is 11. The molecule has 42 heteroatoms. The van der Waals surface area contributed by atoms with E-state index in [4.69, 9.17) is 72.8 Å². The largest absolute Gasteiger partial charge is 0.464 e. The summed E-state index contributed by atoms with van der Waals surface area (Å²) >= 11 is 0. The maximum atomic E-state index is 14.1. The van der Waals surface area contributed by atoms with E-state index >= 15 is 0 Å². The molecule has 3 saturated heterocycles. The zero-order valence-corrected chi connectivity index (χ0v) is 73.0. The lowest BCUT2D eigenvalue weighted by atomic mass is 9.92. The number of aliphatic hydroxyl groups excluding tert-OH is 6. The second-order valence-electron chi connectivity index (χ2n) is 30.9. The lowest BCUT2D eigenvalue weighted by Gasteiger charge is -2.26. The van der Waals surface area contributed by atoms with Gasteiger partial charge in [-0.25, -0.2) is 32.2 Å². The molecular formula is C84H106N15O24P3. The zero-order valence-electron chi connectivity index (χ0n) is 70.4. The first kappa shape index (κ1) is 96.1. The average molecular weight is 1800 g/mol. The predicted octanol–water partition coefficient (Wildman–Crippen LogP) is 8.79. The number of nitrogen functional groups attached to an aromatic ring is 3. The number of benzene rings is 3. The molecule has 4 fully saturated rings. The average Bonchev–Trinajstić information content (AvgIpc) is 1.59. The van der Waals surface area contributed by atoms with Crippen LogP contribution in [0.2, 0.25) is 0 Å². The molecular weight excluding hydrogens is 1700 g/mol. The molecule has 4 aliphatic rings. The summed E-state index contributed by atoms with van der Waals surface area (Å²) in [5, 5.41) is 114. The molecule has 0 radical (unpaired) electrons. The summed E-state index contributed by atoms with van der Waals surface area (Å²) in [4.78, 5) is 42.1. The van der Waals surface area contributed by atoms with E-state index in [1.807, 2.05) is 45.9 Å². The highest BCUT2D eigenvalue weighted by Crippen LogP contribution is 2.53. The highest BCUT2D eigenvalue weighted by atomic mass is 31.2. The second kappa shape index (κ2) is 42.4. The fourth-order valence-corrected chi connectivity index (χ4v) is 19.6. The first-order chi connectivity index (χ1) is 60.3. The van der Waals surface area contributed by atoms with Crippen molar-refractivity contribution in [3.63, 3.8) is 0 Å². The van der Waals surface area contributed by atoms with Gasteiger partial charge in [0.1, 0.15) is 120 Å². The molecule has 676 valence electrons. The molecule has 6 aromatic heterocycles. The van der Waals surface area contributed by atoms with Crippen molar-refractivity contribution in [2.75, 3.05) is 56.4 Å². The summed E-state index contributed by atoms with van der Waals surface area (Å²) in [6.07, 6.45) is -2.32. The molecule has 18 atom stereocenters. The Morgan fingerprint density at radius 3 is 1.25 bits per heavy atom. The van der Waals surface area contributed by atoms with Gasteiger partial charge in [-0.1, -0.05) is 121 Å². The Morgan fingerprint density at radius 1 is 0.500 bits per heavy atom. The number of ether oxygens (including phenoxy) is 6. The van der Waals surface area contributed by atoms with Crippen LogP contribution in [0.25, 0.3) is 16.6 Å². The molecule has 0 amide bonds. The number of aromatic nitrogens is 7. The number of fused-ring (bicyclic) bond motifs is 3. The highest BCUT2D eigenvalue weighted by Gasteiger charge is 2.61. The Balaban J connectivity index is 0.000000183. The SMILES string of the molecule is CCC(CC)COC(=O)[C@H](C)N[P@@](=O)(OC[C@H]1O[C@@](C#N)(c2ccc3c(N)ccnn23)[C@H](O)[C@@H]1O)Oc1ccccc1.CCC(CC)COC(=O)[C@H](C)N[P@](=O)(OC[C@H]1O[C@@](C#N)(c2ccc3c(N)ncnn23)[C@H](O)[C@@H]1O)Oc1ccccc1.C[C@H](CP(=O)(OC[C@H]1O[C@@](C#N)(c2ccc3c(N)ccnn23)[C@H](O)[C@@H]1O)Oc1ccccc1)C(=O)OC1CCCCC1. The van der Waals surface area contributed by atoms with E-state index < -0.39 is 151 Å². The Hall–Kier alpha value is -10.5. The summed E-state index contributed by atoms with van der Waals surface area (Å²) in [5.41, 5.74) is 14.3. The van der Waals surface area contributed by atoms with Gasteiger partial charge in [-0.05, 0) is 136 Å². The highest BCUT2D eigenvalue weighted by molar-refractivity contribution is 7.54. The van der Waals surface area contributed by atoms with Crippen molar-refractivity contribution in [2.24, 2.45) is 17.8 Å². The van der Waals surface area contributed by atoms with Crippen LogP contribution in [-0.4, -0.2) is 195 Å². The second-order valence-corrected chi connectivity index (χ2v) is 36.3. The lowest BCUT2D eigenvalue weighted by Crippen LogP contribution is -2.41. The minimum Gasteiger partial charge on any atom is -0.464 e. The van der Waals surface area contributed by atoms with Crippen molar-refractivity contribution in [1.82, 2.24) is 44.0 Å². The minimum atomic E-state index is -4.32. The van der Waals surface area contributed by atoms with Crippen LogP contribution in [0.3, 0.4) is 0 Å². The van der Waals surface area contributed by atoms with Crippen molar-refractivity contribution < 1.29 is 114 Å². The lowest BCUT2D eigenvalue weighted by molar-refractivity contribution is -0.154. The van der Waals surface area contributed by atoms with Gasteiger partial charge in [0.15, 0.2) is 5.82 Å². The number of anilines is 3. The molecule has 3 aliphatic heterocycles. The number of carbonyl (C=O) groups is 3. The van der Waals surface area contributed by atoms with Crippen LogP contribution in [0.5, 0.6) is 17.2 Å². The van der Waals surface area contributed by atoms with Gasteiger partial charge >= 0.3 is 41.0 Å². The van der Waals surface area contributed by atoms with Gasteiger partial charge in [0, 0.05) is 12.4 Å². The first-order valence-corrected chi connectivity index (χ1v) is 46.1. The first-order valence-electron chi connectivity index (χ1n) is 41.3. The van der Waals surface area contributed by atoms with Gasteiger partial charge in [0.2, 0.25) is 16.8 Å². The number of aliphatic hydroxyl groups is 6. The van der Waals surface area contributed by atoms with E-state index in [1.54, 1.807) is 128 Å². The van der Waals surface area contributed by atoms with Crippen molar-refractivity contribution >= 4 is 74.7 Å². The Morgan fingerprint density at radius 2 is 0.865 bits per heavy atom. The molecule has 3 aromatic carbocycles.